The molecule has 1 aliphatic heterocycles. The molecule has 4 rings (SSSR count). The number of ether oxygens (including phenoxy) is 2. The van der Waals surface area contributed by atoms with Crippen molar-refractivity contribution in [2.45, 2.75) is 77.9 Å². The number of aryl methyl sites for hydroxylation is 1. The zero-order valence-electron chi connectivity index (χ0n) is 19.8. The highest BCUT2D eigenvalue weighted by molar-refractivity contribution is 5.95. The summed E-state index contributed by atoms with van der Waals surface area (Å²) in [5.41, 5.74) is 1.98. The molecule has 0 radical (unpaired) electrons. The molecule has 2 aliphatic rings. The summed E-state index contributed by atoms with van der Waals surface area (Å²) in [5.74, 6) is -1.72. The zero-order valence-corrected chi connectivity index (χ0v) is 19.8. The molecular weight excluding hydrogens is 414 g/mol. The third-order valence-corrected chi connectivity index (χ3v) is 6.99. The van der Waals surface area contributed by atoms with Crippen LogP contribution in [0, 0.1) is 12.3 Å². The minimum absolute atomic E-state index is 0.0254. The molecule has 1 saturated carbocycles. The number of alkyl halides is 2. The molecule has 32 heavy (non-hydrogen) atoms. The summed E-state index contributed by atoms with van der Waals surface area (Å²) in [7, 11) is 1.65. The first kappa shape index (κ1) is 23.0. The zero-order chi connectivity index (χ0) is 23.3. The van der Waals surface area contributed by atoms with Crippen molar-refractivity contribution in [2.75, 3.05) is 20.2 Å². The Hall–Kier alpha value is -2.15. The lowest BCUT2D eigenvalue weighted by atomic mass is 9.77. The summed E-state index contributed by atoms with van der Waals surface area (Å²) in [6.45, 7) is 9.75. The van der Waals surface area contributed by atoms with Crippen LogP contribution in [0.25, 0.3) is 10.9 Å². The van der Waals surface area contributed by atoms with Gasteiger partial charge in [-0.15, -0.1) is 0 Å². The minimum atomic E-state index is -2.50. The second-order valence-electron chi connectivity index (χ2n) is 10.6. The van der Waals surface area contributed by atoms with E-state index in [4.69, 9.17) is 9.47 Å². The Morgan fingerprint density at radius 2 is 1.84 bits per heavy atom. The Labute approximate surface area is 188 Å². The predicted octanol–water partition coefficient (Wildman–Crippen LogP) is 6.14. The maximum Gasteiger partial charge on any atom is 0.419 e. The van der Waals surface area contributed by atoms with Crippen molar-refractivity contribution < 1.29 is 23.0 Å². The van der Waals surface area contributed by atoms with Crippen LogP contribution in [0.5, 0.6) is 5.75 Å². The average Bonchev–Trinajstić information content (AvgIpc) is 3.26. The number of fused-ring (bicyclic) bond motifs is 1. The number of hydrogen-bond donors (Lipinski definition) is 0. The highest BCUT2D eigenvalue weighted by atomic mass is 19.3. The van der Waals surface area contributed by atoms with Gasteiger partial charge in [0.05, 0.1) is 12.6 Å². The summed E-state index contributed by atoms with van der Waals surface area (Å²) in [6.07, 6.45) is 3.64. The molecule has 176 valence electrons. The molecule has 0 unspecified atom stereocenters. The van der Waals surface area contributed by atoms with E-state index in [9.17, 15) is 13.6 Å². The van der Waals surface area contributed by atoms with Crippen molar-refractivity contribution in [2.24, 2.45) is 5.41 Å². The normalized spacial score (nSPS) is 20.7. The van der Waals surface area contributed by atoms with Crippen LogP contribution >= 0.6 is 0 Å². The fourth-order valence-electron chi connectivity index (χ4n) is 5.38. The third-order valence-electron chi connectivity index (χ3n) is 6.99. The first-order valence-electron chi connectivity index (χ1n) is 11.4. The summed E-state index contributed by atoms with van der Waals surface area (Å²) < 4.78 is 40.5. The van der Waals surface area contributed by atoms with Crippen LogP contribution in [0.2, 0.25) is 0 Å². The topological polar surface area (TPSA) is 43.7 Å². The number of likely N-dealkylation sites (tertiary alicyclic amines) is 1. The molecule has 1 spiro atoms. The van der Waals surface area contributed by atoms with E-state index in [1.807, 2.05) is 39.8 Å². The summed E-state index contributed by atoms with van der Waals surface area (Å²) >= 11 is 0. The fourth-order valence-corrected chi connectivity index (χ4v) is 5.38. The molecular formula is C25H34F2N2O3. The van der Waals surface area contributed by atoms with E-state index in [1.54, 1.807) is 17.9 Å². The molecule has 1 aromatic heterocycles. The number of methoxy groups -OCH3 is 1. The van der Waals surface area contributed by atoms with Crippen molar-refractivity contribution in [3.8, 4) is 5.75 Å². The van der Waals surface area contributed by atoms with Gasteiger partial charge in [0.2, 0.25) is 5.92 Å². The van der Waals surface area contributed by atoms with Gasteiger partial charge in [-0.25, -0.2) is 13.6 Å². The van der Waals surface area contributed by atoms with Crippen LogP contribution in [0.15, 0.2) is 18.3 Å². The van der Waals surface area contributed by atoms with Gasteiger partial charge in [0.1, 0.15) is 11.4 Å². The average molecular weight is 449 g/mol. The van der Waals surface area contributed by atoms with E-state index in [0.29, 0.717) is 13.0 Å². The van der Waals surface area contributed by atoms with Gasteiger partial charge in [-0.2, -0.15) is 0 Å². The highest BCUT2D eigenvalue weighted by Crippen LogP contribution is 2.53. The molecule has 2 fully saturated rings. The van der Waals surface area contributed by atoms with Crippen molar-refractivity contribution in [1.29, 1.82) is 0 Å². The van der Waals surface area contributed by atoms with Gasteiger partial charge in [-0.05, 0) is 83.2 Å². The number of carbonyl (C=O) groups is 1. The van der Waals surface area contributed by atoms with Crippen LogP contribution in [0.4, 0.5) is 13.6 Å². The lowest BCUT2D eigenvalue weighted by Crippen LogP contribution is -2.39. The molecule has 2 heterocycles. The first-order valence-corrected chi connectivity index (χ1v) is 11.4. The largest absolute Gasteiger partial charge is 0.496 e. The van der Waals surface area contributed by atoms with E-state index in [0.717, 1.165) is 53.7 Å². The van der Waals surface area contributed by atoms with Crippen LogP contribution in [-0.4, -0.2) is 47.3 Å². The molecule has 1 saturated heterocycles. The first-order chi connectivity index (χ1) is 14.9. The van der Waals surface area contributed by atoms with Gasteiger partial charge in [0.25, 0.3) is 0 Å². The lowest BCUT2D eigenvalue weighted by molar-refractivity contribution is -0.0138. The van der Waals surface area contributed by atoms with E-state index < -0.39 is 17.6 Å². The summed E-state index contributed by atoms with van der Waals surface area (Å²) in [5, 5.41) is 0.959. The second-order valence-corrected chi connectivity index (χ2v) is 10.6. The summed E-state index contributed by atoms with van der Waals surface area (Å²) in [4.78, 5) is 15.1. The number of hydrogen-bond acceptors (Lipinski definition) is 4. The van der Waals surface area contributed by atoms with Crippen LogP contribution in [-0.2, 0) is 11.3 Å². The maximum absolute atomic E-state index is 13.8. The molecule has 0 bridgehead atoms. The molecule has 0 atom stereocenters. The Morgan fingerprint density at radius 3 is 2.41 bits per heavy atom. The van der Waals surface area contributed by atoms with Crippen LogP contribution < -0.4 is 4.74 Å². The number of carbonyl (C=O) groups excluding carboxylic acids is 1. The standard InChI is InChI=1S/C25H34F2N2O3/c1-17-14-20(31-5)19(18-6-11-29(21(17)18)22(30)32-23(2,3)4)15-28-12-9-24(10-13-28)7-8-25(26,27)16-24/h6,11,14H,7-10,12-13,15-16H2,1-5H3. The quantitative estimate of drug-likeness (QED) is 0.565. The predicted molar refractivity (Wildman–Crippen MR) is 121 cm³/mol. The fraction of sp³-hybridized carbons (Fsp3) is 0.640. The van der Waals surface area contributed by atoms with E-state index in [1.165, 1.54) is 0 Å². The molecule has 0 amide bonds. The van der Waals surface area contributed by atoms with Crippen molar-refractivity contribution in [3.63, 3.8) is 0 Å². The lowest BCUT2D eigenvalue weighted by Gasteiger charge is -2.39. The van der Waals surface area contributed by atoms with Crippen molar-refractivity contribution in [3.05, 3.63) is 29.5 Å². The van der Waals surface area contributed by atoms with Gasteiger partial charge in [-0.1, -0.05) is 0 Å². The van der Waals surface area contributed by atoms with Gasteiger partial charge in [0.15, 0.2) is 0 Å². The number of piperidine rings is 1. The molecule has 1 aliphatic carbocycles. The van der Waals surface area contributed by atoms with E-state index in [2.05, 4.69) is 4.90 Å². The third kappa shape index (κ3) is 4.49. The van der Waals surface area contributed by atoms with Crippen LogP contribution in [0.1, 0.15) is 64.0 Å². The van der Waals surface area contributed by atoms with Gasteiger partial charge in [0, 0.05) is 36.5 Å². The van der Waals surface area contributed by atoms with Crippen LogP contribution in [0.3, 0.4) is 0 Å². The van der Waals surface area contributed by atoms with Gasteiger partial charge < -0.3 is 9.47 Å². The summed E-state index contributed by atoms with van der Waals surface area (Å²) in [6, 6.07) is 3.90. The molecule has 5 nitrogen and oxygen atoms in total. The van der Waals surface area contributed by atoms with Gasteiger partial charge in [-0.3, -0.25) is 9.47 Å². The molecule has 7 heteroatoms. The molecule has 2 aromatic rings. The molecule has 0 N–H and O–H groups in total. The van der Waals surface area contributed by atoms with Crippen molar-refractivity contribution in [1.82, 2.24) is 9.47 Å². The highest BCUT2D eigenvalue weighted by Gasteiger charge is 2.50. The Balaban J connectivity index is 1.59. The number of halogens is 2. The second kappa shape index (κ2) is 8.01. The number of rotatable bonds is 3. The molecule has 1 aromatic carbocycles. The van der Waals surface area contributed by atoms with E-state index in [-0.39, 0.29) is 18.3 Å². The number of nitrogens with zero attached hydrogens (tertiary/aromatic N) is 2. The van der Waals surface area contributed by atoms with Gasteiger partial charge >= 0.3 is 6.09 Å². The Kier molecular flexibility index (Phi) is 5.76. The monoisotopic (exact) mass is 448 g/mol. The van der Waals surface area contributed by atoms with Crippen molar-refractivity contribution >= 4 is 17.0 Å². The number of aromatic nitrogens is 1. The Bertz CT molecular complexity index is 1010. The van der Waals surface area contributed by atoms with E-state index >= 15 is 0 Å². The smallest absolute Gasteiger partial charge is 0.419 e. The Morgan fingerprint density at radius 1 is 1.16 bits per heavy atom. The number of benzene rings is 1. The maximum atomic E-state index is 13.8. The minimum Gasteiger partial charge on any atom is -0.496 e. The SMILES string of the molecule is COc1cc(C)c2c(ccn2C(=O)OC(C)(C)C)c1CN1CCC2(CC1)CCC(F)(F)C2.